The molecule has 0 heteroatoms. The Morgan fingerprint density at radius 1 is 1.20 bits per heavy atom. The summed E-state index contributed by atoms with van der Waals surface area (Å²) in [4.78, 5) is 0. The number of hydrogen-bond acceptors (Lipinski definition) is 0. The first-order chi connectivity index (χ1) is 4.88. The summed E-state index contributed by atoms with van der Waals surface area (Å²) in [5.74, 6) is 3.12. The van der Waals surface area contributed by atoms with Gasteiger partial charge in [0.15, 0.2) is 0 Å². The highest BCUT2D eigenvalue weighted by Gasteiger charge is 2.33. The summed E-state index contributed by atoms with van der Waals surface area (Å²) in [6.07, 6.45) is 9.94. The fourth-order valence-corrected chi connectivity index (χ4v) is 2.82. The highest BCUT2D eigenvalue weighted by atomic mass is 14.4. The zero-order chi connectivity index (χ0) is 6.97. The Morgan fingerprint density at radius 2 is 2.10 bits per heavy atom. The van der Waals surface area contributed by atoms with Crippen LogP contribution in [0.1, 0.15) is 39.0 Å². The maximum atomic E-state index is 2.57. The van der Waals surface area contributed by atoms with Crippen LogP contribution in [0.25, 0.3) is 0 Å². The molecule has 2 aliphatic rings. The van der Waals surface area contributed by atoms with E-state index < -0.39 is 0 Å². The van der Waals surface area contributed by atoms with Crippen molar-refractivity contribution in [3.05, 3.63) is 6.42 Å². The second-order valence-corrected chi connectivity index (χ2v) is 4.05. The van der Waals surface area contributed by atoms with E-state index in [1.54, 1.807) is 0 Å². The Hall–Kier alpha value is 0. The molecule has 0 aliphatic heterocycles. The maximum absolute atomic E-state index is 2.57. The van der Waals surface area contributed by atoms with Gasteiger partial charge in [-0.05, 0) is 43.4 Å². The third kappa shape index (κ3) is 0.980. The SMILES string of the molecule is CC1CCCC2[CH]CCC12. The van der Waals surface area contributed by atoms with Crippen LogP contribution >= 0.6 is 0 Å². The van der Waals surface area contributed by atoms with E-state index in [9.17, 15) is 0 Å². The fourth-order valence-electron chi connectivity index (χ4n) is 2.82. The molecule has 2 rings (SSSR count). The summed E-state index contributed by atoms with van der Waals surface area (Å²) < 4.78 is 0. The number of rotatable bonds is 0. The molecule has 0 aromatic rings. The molecule has 2 aliphatic carbocycles. The predicted molar refractivity (Wildman–Crippen MR) is 43.5 cm³/mol. The maximum Gasteiger partial charge on any atom is -0.0352 e. The van der Waals surface area contributed by atoms with E-state index in [0.29, 0.717) is 0 Å². The van der Waals surface area contributed by atoms with Crippen LogP contribution in [0.4, 0.5) is 0 Å². The van der Waals surface area contributed by atoms with Gasteiger partial charge < -0.3 is 0 Å². The van der Waals surface area contributed by atoms with E-state index in [-0.39, 0.29) is 0 Å². The topological polar surface area (TPSA) is 0 Å². The van der Waals surface area contributed by atoms with Crippen LogP contribution in [0.3, 0.4) is 0 Å². The minimum absolute atomic E-state index is 1.02. The zero-order valence-electron chi connectivity index (χ0n) is 6.84. The summed E-state index contributed by atoms with van der Waals surface area (Å²) in [5.41, 5.74) is 0. The molecule has 0 spiro atoms. The molecule has 0 bridgehead atoms. The first kappa shape index (κ1) is 6.69. The molecule has 0 saturated heterocycles. The van der Waals surface area contributed by atoms with Crippen LogP contribution in [-0.2, 0) is 0 Å². The lowest BCUT2D eigenvalue weighted by Crippen LogP contribution is -2.21. The lowest BCUT2D eigenvalue weighted by atomic mass is 9.75. The van der Waals surface area contributed by atoms with Crippen molar-refractivity contribution in [2.45, 2.75) is 39.0 Å². The molecule has 2 saturated carbocycles. The Kier molecular flexibility index (Phi) is 1.71. The molecule has 57 valence electrons. The van der Waals surface area contributed by atoms with E-state index in [2.05, 4.69) is 13.3 Å². The quantitative estimate of drug-likeness (QED) is 0.481. The molecule has 0 aromatic heterocycles. The van der Waals surface area contributed by atoms with Crippen molar-refractivity contribution >= 4 is 0 Å². The normalized spacial score (nSPS) is 47.1. The molecular formula is C10H17. The van der Waals surface area contributed by atoms with Crippen LogP contribution in [0.2, 0.25) is 0 Å². The minimum atomic E-state index is 1.02. The Bertz CT molecular complexity index is 117. The highest BCUT2D eigenvalue weighted by molar-refractivity contribution is 4.94. The third-order valence-electron chi connectivity index (χ3n) is 3.45. The lowest BCUT2D eigenvalue weighted by molar-refractivity contribution is 0.213. The Balaban J connectivity index is 2.03. The minimum Gasteiger partial charge on any atom is -0.0622 e. The first-order valence-electron chi connectivity index (χ1n) is 4.71. The summed E-state index contributed by atoms with van der Waals surface area (Å²) >= 11 is 0. The summed E-state index contributed by atoms with van der Waals surface area (Å²) in [6.45, 7) is 2.44. The number of fused-ring (bicyclic) bond motifs is 1. The van der Waals surface area contributed by atoms with Gasteiger partial charge in [-0.2, -0.15) is 0 Å². The van der Waals surface area contributed by atoms with E-state index in [1.807, 2.05) is 0 Å². The highest BCUT2D eigenvalue weighted by Crippen LogP contribution is 2.44. The van der Waals surface area contributed by atoms with Gasteiger partial charge in [0, 0.05) is 0 Å². The first-order valence-corrected chi connectivity index (χ1v) is 4.71. The molecule has 10 heavy (non-hydrogen) atoms. The van der Waals surface area contributed by atoms with Gasteiger partial charge in [0.2, 0.25) is 0 Å². The van der Waals surface area contributed by atoms with Gasteiger partial charge in [0.1, 0.15) is 0 Å². The van der Waals surface area contributed by atoms with Gasteiger partial charge in [-0.25, -0.2) is 0 Å². The van der Waals surface area contributed by atoms with Crippen LogP contribution in [-0.4, -0.2) is 0 Å². The van der Waals surface area contributed by atoms with Crippen molar-refractivity contribution in [3.63, 3.8) is 0 Å². The monoisotopic (exact) mass is 137 g/mol. The van der Waals surface area contributed by atoms with Crippen LogP contribution in [0, 0.1) is 24.2 Å². The van der Waals surface area contributed by atoms with Gasteiger partial charge in [-0.1, -0.05) is 19.8 Å². The predicted octanol–water partition coefficient (Wildman–Crippen LogP) is 3.04. The largest absolute Gasteiger partial charge is 0.0622 e. The molecule has 0 amide bonds. The van der Waals surface area contributed by atoms with Crippen molar-refractivity contribution < 1.29 is 0 Å². The van der Waals surface area contributed by atoms with Gasteiger partial charge in [-0.15, -0.1) is 0 Å². The van der Waals surface area contributed by atoms with Gasteiger partial charge in [-0.3, -0.25) is 0 Å². The molecule has 3 atom stereocenters. The van der Waals surface area contributed by atoms with Gasteiger partial charge >= 0.3 is 0 Å². The van der Waals surface area contributed by atoms with Gasteiger partial charge in [0.25, 0.3) is 0 Å². The second kappa shape index (κ2) is 2.56. The molecule has 0 nitrogen and oxygen atoms in total. The smallest absolute Gasteiger partial charge is 0.0352 e. The van der Waals surface area contributed by atoms with Crippen molar-refractivity contribution in [3.8, 4) is 0 Å². The van der Waals surface area contributed by atoms with Crippen molar-refractivity contribution in [1.82, 2.24) is 0 Å². The van der Waals surface area contributed by atoms with E-state index in [0.717, 1.165) is 17.8 Å². The van der Waals surface area contributed by atoms with E-state index in [4.69, 9.17) is 0 Å². The lowest BCUT2D eigenvalue weighted by Gasteiger charge is -2.31. The summed E-state index contributed by atoms with van der Waals surface area (Å²) in [6, 6.07) is 0. The molecular weight excluding hydrogens is 120 g/mol. The summed E-state index contributed by atoms with van der Waals surface area (Å²) in [7, 11) is 0. The van der Waals surface area contributed by atoms with Crippen molar-refractivity contribution in [2.24, 2.45) is 17.8 Å². The van der Waals surface area contributed by atoms with E-state index >= 15 is 0 Å². The van der Waals surface area contributed by atoms with E-state index in [1.165, 1.54) is 32.1 Å². The molecule has 0 heterocycles. The summed E-state index contributed by atoms with van der Waals surface area (Å²) in [5, 5.41) is 0. The Morgan fingerprint density at radius 3 is 2.90 bits per heavy atom. The average molecular weight is 137 g/mol. The van der Waals surface area contributed by atoms with Crippen LogP contribution in [0.15, 0.2) is 0 Å². The standard InChI is InChI=1S/C10H17/c1-8-4-2-5-9-6-3-7-10(8)9/h6,8-10H,2-5,7H2,1H3. The van der Waals surface area contributed by atoms with Crippen molar-refractivity contribution in [1.29, 1.82) is 0 Å². The average Bonchev–Trinajstić information content (AvgIpc) is 2.36. The fraction of sp³-hybridized carbons (Fsp3) is 0.900. The third-order valence-corrected chi connectivity index (χ3v) is 3.45. The zero-order valence-corrected chi connectivity index (χ0v) is 6.84. The van der Waals surface area contributed by atoms with Crippen LogP contribution < -0.4 is 0 Å². The molecule has 1 radical (unpaired) electrons. The number of hydrogen-bond donors (Lipinski definition) is 0. The molecule has 0 aromatic carbocycles. The molecule has 2 fully saturated rings. The van der Waals surface area contributed by atoms with Gasteiger partial charge in [0.05, 0.1) is 0 Å². The second-order valence-electron chi connectivity index (χ2n) is 4.05. The van der Waals surface area contributed by atoms with Crippen molar-refractivity contribution in [2.75, 3.05) is 0 Å². The molecule has 0 N–H and O–H groups in total. The van der Waals surface area contributed by atoms with Crippen LogP contribution in [0.5, 0.6) is 0 Å². The Labute approximate surface area is 64.0 Å². The molecule has 3 unspecified atom stereocenters.